The van der Waals surface area contributed by atoms with Crippen LogP contribution in [-0.4, -0.2) is 30.9 Å². The molecule has 5 rings (SSSR count). The number of carbonyl (C=O) groups excluding carboxylic acids is 3. The lowest BCUT2D eigenvalue weighted by Gasteiger charge is -2.70. The summed E-state index contributed by atoms with van der Waals surface area (Å²) in [5, 5.41) is 0. The number of carbonyl (C=O) groups is 3. The first-order valence-electron chi connectivity index (χ1n) is 15.0. The number of allylic oxidation sites excluding steroid dienone is 2. The third-order valence-electron chi connectivity index (χ3n) is 13.5. The number of ether oxygens (including phenoxy) is 2. The Morgan fingerprint density at radius 1 is 0.895 bits per heavy atom. The van der Waals surface area contributed by atoms with Crippen LogP contribution in [-0.2, 0) is 23.9 Å². The molecular weight excluding hydrogens is 476 g/mol. The molecule has 5 aliphatic rings. The lowest BCUT2D eigenvalue weighted by Crippen LogP contribution is -2.66. The number of hydrogen-bond acceptors (Lipinski definition) is 5. The Morgan fingerprint density at radius 2 is 1.55 bits per heavy atom. The fourth-order valence-corrected chi connectivity index (χ4v) is 11.0. The van der Waals surface area contributed by atoms with E-state index in [0.717, 1.165) is 57.8 Å². The minimum Gasteiger partial charge on any atom is -0.469 e. The van der Waals surface area contributed by atoms with Gasteiger partial charge in [0, 0.05) is 18.3 Å². The second kappa shape index (κ2) is 8.43. The minimum atomic E-state index is -0.498. The van der Waals surface area contributed by atoms with E-state index in [4.69, 9.17) is 9.47 Å². The van der Waals surface area contributed by atoms with E-state index in [-0.39, 0.29) is 57.0 Å². The summed E-state index contributed by atoms with van der Waals surface area (Å²) in [5.41, 5.74) is 0.416. The number of esters is 2. The molecule has 0 aliphatic heterocycles. The molecule has 0 aromatic heterocycles. The summed E-state index contributed by atoms with van der Waals surface area (Å²) < 4.78 is 11.1. The molecule has 212 valence electrons. The molecule has 4 fully saturated rings. The standard InChI is InChI=1S/C33H50O5/c1-20(34)38-25-11-12-31(6)24(28(25,2)3)10-13-33(8)26(31)23(35)18-21-22-19-30(5,27(36)37-9)15-14-29(22,4)16-17-32(21,33)7/h18,22,24-26H,10-17,19H2,1-9H3/t22-,24-,25-,26+,29+,30-,31-,32+,33+/m0/s1. The Labute approximate surface area is 229 Å². The SMILES string of the molecule is COC(=O)[C@@]1(C)CC[C@]2(C)CC[C@]3(C)C(=CC(=O)[C@@H]4[C@@]5(C)CC[C@H](OC(C)=O)C(C)(C)[C@@H]5CC[C@]43C)[C@@H]2C1. The van der Waals surface area contributed by atoms with Crippen LogP contribution in [0.1, 0.15) is 113 Å². The van der Waals surface area contributed by atoms with Crippen molar-refractivity contribution >= 4 is 17.7 Å². The van der Waals surface area contributed by atoms with E-state index in [1.165, 1.54) is 19.6 Å². The van der Waals surface area contributed by atoms with Crippen molar-refractivity contribution in [3.05, 3.63) is 11.6 Å². The quantitative estimate of drug-likeness (QED) is 0.360. The molecule has 0 aromatic rings. The van der Waals surface area contributed by atoms with Gasteiger partial charge in [-0.3, -0.25) is 14.4 Å². The summed E-state index contributed by atoms with van der Waals surface area (Å²) >= 11 is 0. The van der Waals surface area contributed by atoms with Crippen LogP contribution < -0.4 is 0 Å². The number of rotatable bonds is 2. The van der Waals surface area contributed by atoms with Crippen molar-refractivity contribution in [2.24, 2.45) is 50.2 Å². The zero-order chi connectivity index (χ0) is 28.1. The molecule has 38 heavy (non-hydrogen) atoms. The van der Waals surface area contributed by atoms with Gasteiger partial charge in [-0.05, 0) is 104 Å². The monoisotopic (exact) mass is 526 g/mol. The summed E-state index contributed by atoms with van der Waals surface area (Å²) in [6, 6.07) is 0. The molecule has 0 aromatic carbocycles. The summed E-state index contributed by atoms with van der Waals surface area (Å²) in [6.07, 6.45) is 10.6. The third kappa shape index (κ3) is 3.51. The van der Waals surface area contributed by atoms with Gasteiger partial charge in [0.15, 0.2) is 5.78 Å². The van der Waals surface area contributed by atoms with Crippen LogP contribution in [0.15, 0.2) is 11.6 Å². The highest BCUT2D eigenvalue weighted by molar-refractivity contribution is 5.95. The van der Waals surface area contributed by atoms with Gasteiger partial charge < -0.3 is 9.47 Å². The highest BCUT2D eigenvalue weighted by atomic mass is 16.5. The first-order chi connectivity index (χ1) is 17.5. The fourth-order valence-electron chi connectivity index (χ4n) is 11.0. The lowest BCUT2D eigenvalue weighted by atomic mass is 9.33. The van der Waals surface area contributed by atoms with Gasteiger partial charge in [-0.1, -0.05) is 47.1 Å². The fraction of sp³-hybridized carbons (Fsp3) is 0.848. The van der Waals surface area contributed by atoms with E-state index in [0.29, 0.717) is 11.7 Å². The zero-order valence-electron chi connectivity index (χ0n) is 25.3. The summed E-state index contributed by atoms with van der Waals surface area (Å²) in [6.45, 7) is 17.7. The zero-order valence-corrected chi connectivity index (χ0v) is 25.3. The summed E-state index contributed by atoms with van der Waals surface area (Å²) in [5.74, 6) is 0.474. The van der Waals surface area contributed by atoms with E-state index in [2.05, 4.69) is 54.5 Å². The van der Waals surface area contributed by atoms with Crippen molar-refractivity contribution < 1.29 is 23.9 Å². The van der Waals surface area contributed by atoms with E-state index in [9.17, 15) is 14.4 Å². The molecule has 0 spiro atoms. The van der Waals surface area contributed by atoms with E-state index in [1.54, 1.807) is 0 Å². The molecule has 0 radical (unpaired) electrons. The molecular formula is C33H50O5. The van der Waals surface area contributed by atoms with Crippen LogP contribution in [0.3, 0.4) is 0 Å². The molecule has 0 heterocycles. The maximum Gasteiger partial charge on any atom is 0.311 e. The number of hydrogen-bond donors (Lipinski definition) is 0. The van der Waals surface area contributed by atoms with Gasteiger partial charge in [0.05, 0.1) is 12.5 Å². The van der Waals surface area contributed by atoms with Crippen LogP contribution in [0.25, 0.3) is 0 Å². The number of methoxy groups -OCH3 is 1. The van der Waals surface area contributed by atoms with Gasteiger partial charge in [0.25, 0.3) is 0 Å². The topological polar surface area (TPSA) is 69.7 Å². The molecule has 4 saturated carbocycles. The number of ketones is 1. The highest BCUT2D eigenvalue weighted by Gasteiger charge is 2.70. The first-order valence-corrected chi connectivity index (χ1v) is 15.0. The van der Waals surface area contributed by atoms with Crippen molar-refractivity contribution in [1.82, 2.24) is 0 Å². The second-order valence-electron chi connectivity index (χ2n) is 15.7. The molecule has 0 unspecified atom stereocenters. The van der Waals surface area contributed by atoms with Crippen molar-refractivity contribution in [2.75, 3.05) is 7.11 Å². The normalized spacial score (nSPS) is 49.4. The smallest absolute Gasteiger partial charge is 0.311 e. The van der Waals surface area contributed by atoms with Gasteiger partial charge in [0.1, 0.15) is 6.10 Å². The second-order valence-corrected chi connectivity index (χ2v) is 15.7. The summed E-state index contributed by atoms with van der Waals surface area (Å²) in [4.78, 5) is 39.2. The maximum absolute atomic E-state index is 14.4. The molecule has 0 saturated heterocycles. The third-order valence-corrected chi connectivity index (χ3v) is 13.5. The van der Waals surface area contributed by atoms with Gasteiger partial charge in [-0.15, -0.1) is 0 Å². The van der Waals surface area contributed by atoms with E-state index < -0.39 is 5.41 Å². The van der Waals surface area contributed by atoms with Crippen molar-refractivity contribution in [1.29, 1.82) is 0 Å². The minimum absolute atomic E-state index is 0.0417. The van der Waals surface area contributed by atoms with Crippen LogP contribution in [0.5, 0.6) is 0 Å². The largest absolute Gasteiger partial charge is 0.469 e. The molecule has 0 amide bonds. The van der Waals surface area contributed by atoms with Gasteiger partial charge in [-0.25, -0.2) is 0 Å². The summed E-state index contributed by atoms with van der Waals surface area (Å²) in [7, 11) is 1.50. The molecule has 5 heteroatoms. The Kier molecular flexibility index (Phi) is 6.19. The Bertz CT molecular complexity index is 1090. The van der Waals surface area contributed by atoms with Crippen LogP contribution in [0, 0.1) is 50.2 Å². The molecule has 0 N–H and O–H groups in total. The van der Waals surface area contributed by atoms with Crippen molar-refractivity contribution in [2.45, 2.75) is 119 Å². The Hall–Kier alpha value is -1.65. The Morgan fingerprint density at radius 3 is 2.18 bits per heavy atom. The highest BCUT2D eigenvalue weighted by Crippen LogP contribution is 2.75. The van der Waals surface area contributed by atoms with Crippen LogP contribution in [0.2, 0.25) is 0 Å². The van der Waals surface area contributed by atoms with E-state index in [1.807, 2.05) is 0 Å². The van der Waals surface area contributed by atoms with Crippen LogP contribution >= 0.6 is 0 Å². The number of fused-ring (bicyclic) bond motifs is 7. The van der Waals surface area contributed by atoms with Gasteiger partial charge >= 0.3 is 11.9 Å². The maximum atomic E-state index is 14.4. The first kappa shape index (κ1) is 27.9. The van der Waals surface area contributed by atoms with Crippen LogP contribution in [0.4, 0.5) is 0 Å². The predicted molar refractivity (Wildman–Crippen MR) is 147 cm³/mol. The van der Waals surface area contributed by atoms with Gasteiger partial charge in [0.2, 0.25) is 0 Å². The average Bonchev–Trinajstić information content (AvgIpc) is 2.82. The molecule has 9 atom stereocenters. The molecule has 5 aliphatic carbocycles. The average molecular weight is 527 g/mol. The van der Waals surface area contributed by atoms with Crippen molar-refractivity contribution in [3.8, 4) is 0 Å². The molecule has 0 bridgehead atoms. The van der Waals surface area contributed by atoms with Gasteiger partial charge in [-0.2, -0.15) is 0 Å². The lowest BCUT2D eigenvalue weighted by molar-refractivity contribution is -0.210. The Balaban J connectivity index is 1.57. The predicted octanol–water partition coefficient (Wildman–Crippen LogP) is 7.07. The molecule has 5 nitrogen and oxygen atoms in total. The van der Waals surface area contributed by atoms with E-state index >= 15 is 0 Å². The van der Waals surface area contributed by atoms with Crippen molar-refractivity contribution in [3.63, 3.8) is 0 Å².